The molecular weight excluding hydrogens is 282 g/mol. The van der Waals surface area contributed by atoms with Gasteiger partial charge in [0.2, 0.25) is 5.91 Å². The second-order valence-corrected chi connectivity index (χ2v) is 8.26. The first kappa shape index (κ1) is 14.5. The predicted octanol–water partition coefficient (Wildman–Crippen LogP) is 1.76. The molecule has 1 fully saturated rings. The molecule has 4 nitrogen and oxygen atoms in total. The Morgan fingerprint density at radius 2 is 2.11 bits per heavy atom. The van der Waals surface area contributed by atoms with Gasteiger partial charge < -0.3 is 5.32 Å². The smallest absolute Gasteiger partial charge is 0.220 e. The molecule has 19 heavy (non-hydrogen) atoms. The SMILES string of the molecule is O=C(CCCc1cccs1)NC1CCS(=O)(=O)CC1. The van der Waals surface area contributed by atoms with Gasteiger partial charge in [-0.1, -0.05) is 6.07 Å². The first-order valence-corrected chi connectivity index (χ1v) is 9.27. The van der Waals surface area contributed by atoms with Crippen LogP contribution in [0.25, 0.3) is 0 Å². The number of carbonyl (C=O) groups is 1. The molecule has 1 N–H and O–H groups in total. The van der Waals surface area contributed by atoms with E-state index in [1.54, 1.807) is 11.3 Å². The summed E-state index contributed by atoms with van der Waals surface area (Å²) in [6.45, 7) is 0. The minimum atomic E-state index is -2.85. The maximum Gasteiger partial charge on any atom is 0.220 e. The Kier molecular flexibility index (Phi) is 4.99. The molecule has 0 spiro atoms. The monoisotopic (exact) mass is 301 g/mol. The third-order valence-corrected chi connectivity index (χ3v) is 5.98. The van der Waals surface area contributed by atoms with Crippen molar-refractivity contribution in [3.8, 4) is 0 Å². The van der Waals surface area contributed by atoms with Crippen LogP contribution in [0.4, 0.5) is 0 Å². The summed E-state index contributed by atoms with van der Waals surface area (Å²) in [4.78, 5) is 13.0. The molecule has 0 radical (unpaired) electrons. The van der Waals surface area contributed by atoms with E-state index in [0.29, 0.717) is 19.3 Å². The normalized spacial score (nSPS) is 19.2. The van der Waals surface area contributed by atoms with Crippen LogP contribution >= 0.6 is 11.3 Å². The van der Waals surface area contributed by atoms with Gasteiger partial charge in [-0.2, -0.15) is 0 Å². The summed E-state index contributed by atoms with van der Waals surface area (Å²) in [7, 11) is -2.85. The second-order valence-electron chi connectivity index (χ2n) is 4.93. The van der Waals surface area contributed by atoms with Crippen LogP contribution in [0.1, 0.15) is 30.6 Å². The molecule has 1 aromatic heterocycles. The van der Waals surface area contributed by atoms with Gasteiger partial charge in [0.15, 0.2) is 0 Å². The Hall–Kier alpha value is -0.880. The standard InChI is InChI=1S/C13H19NO3S2/c15-13(5-1-3-12-4-2-8-18-12)14-11-6-9-19(16,17)10-7-11/h2,4,8,11H,1,3,5-7,9-10H2,(H,14,15). The molecule has 106 valence electrons. The molecule has 0 unspecified atom stereocenters. The Morgan fingerprint density at radius 3 is 2.74 bits per heavy atom. The molecule has 6 heteroatoms. The molecule has 1 aromatic rings. The molecular formula is C13H19NO3S2. The van der Waals surface area contributed by atoms with E-state index in [-0.39, 0.29) is 23.5 Å². The lowest BCUT2D eigenvalue weighted by Crippen LogP contribution is -2.40. The summed E-state index contributed by atoms with van der Waals surface area (Å²) in [5.74, 6) is 0.446. The molecule has 1 amide bonds. The highest BCUT2D eigenvalue weighted by atomic mass is 32.2. The third kappa shape index (κ3) is 4.95. The van der Waals surface area contributed by atoms with Crippen molar-refractivity contribution in [2.24, 2.45) is 0 Å². The fourth-order valence-electron chi connectivity index (χ4n) is 2.21. The summed E-state index contributed by atoms with van der Waals surface area (Å²) >= 11 is 1.71. The highest BCUT2D eigenvalue weighted by Crippen LogP contribution is 2.14. The lowest BCUT2D eigenvalue weighted by molar-refractivity contribution is -0.121. The van der Waals surface area contributed by atoms with E-state index in [4.69, 9.17) is 0 Å². The maximum atomic E-state index is 11.7. The van der Waals surface area contributed by atoms with Crippen molar-refractivity contribution in [3.05, 3.63) is 22.4 Å². The number of sulfone groups is 1. The van der Waals surface area contributed by atoms with Crippen molar-refractivity contribution in [2.45, 2.75) is 38.1 Å². The second kappa shape index (κ2) is 6.52. The summed E-state index contributed by atoms with van der Waals surface area (Å²) in [6, 6.07) is 4.13. The molecule has 2 heterocycles. The van der Waals surface area contributed by atoms with E-state index in [1.807, 2.05) is 11.4 Å². The molecule has 0 saturated carbocycles. The maximum absolute atomic E-state index is 11.7. The Balaban J connectivity index is 1.65. The average molecular weight is 301 g/mol. The summed E-state index contributed by atoms with van der Waals surface area (Å²) in [6.07, 6.45) is 3.40. The first-order chi connectivity index (χ1) is 9.05. The number of hydrogen-bond acceptors (Lipinski definition) is 4. The van der Waals surface area contributed by atoms with Crippen LogP contribution in [0, 0.1) is 0 Å². The molecule has 2 rings (SSSR count). The quantitative estimate of drug-likeness (QED) is 0.901. The molecule has 0 atom stereocenters. The summed E-state index contributed by atoms with van der Waals surface area (Å²) in [5, 5.41) is 4.98. The van der Waals surface area contributed by atoms with Gasteiger partial charge in [0.1, 0.15) is 9.84 Å². The zero-order valence-corrected chi connectivity index (χ0v) is 12.4. The predicted molar refractivity (Wildman–Crippen MR) is 77.1 cm³/mol. The van der Waals surface area contributed by atoms with E-state index < -0.39 is 9.84 Å². The van der Waals surface area contributed by atoms with Crippen molar-refractivity contribution in [1.82, 2.24) is 5.32 Å². The van der Waals surface area contributed by atoms with Crippen LogP contribution < -0.4 is 5.32 Å². The van der Waals surface area contributed by atoms with Gasteiger partial charge in [0.05, 0.1) is 11.5 Å². The van der Waals surface area contributed by atoms with E-state index in [2.05, 4.69) is 11.4 Å². The van der Waals surface area contributed by atoms with Crippen molar-refractivity contribution in [2.75, 3.05) is 11.5 Å². The van der Waals surface area contributed by atoms with Gasteiger partial charge in [-0.15, -0.1) is 11.3 Å². The molecule has 1 aliphatic rings. The fourth-order valence-corrected chi connectivity index (χ4v) is 4.45. The minimum absolute atomic E-state index is 0.0396. The van der Waals surface area contributed by atoms with E-state index in [9.17, 15) is 13.2 Å². The van der Waals surface area contributed by atoms with Crippen LogP contribution in [-0.2, 0) is 21.1 Å². The van der Waals surface area contributed by atoms with Gasteiger partial charge in [-0.05, 0) is 37.1 Å². The number of nitrogens with one attached hydrogen (secondary N) is 1. The Morgan fingerprint density at radius 1 is 1.37 bits per heavy atom. The molecule has 0 aromatic carbocycles. The van der Waals surface area contributed by atoms with Crippen LogP contribution in [0.2, 0.25) is 0 Å². The lowest BCUT2D eigenvalue weighted by Gasteiger charge is -2.22. The number of hydrogen-bond donors (Lipinski definition) is 1. The topological polar surface area (TPSA) is 63.2 Å². The van der Waals surface area contributed by atoms with E-state index >= 15 is 0 Å². The average Bonchev–Trinajstić information content (AvgIpc) is 2.85. The Labute approximate surface area is 118 Å². The van der Waals surface area contributed by atoms with Gasteiger partial charge in [0.25, 0.3) is 0 Å². The largest absolute Gasteiger partial charge is 0.353 e. The number of thiophene rings is 1. The fraction of sp³-hybridized carbons (Fsp3) is 0.615. The van der Waals surface area contributed by atoms with Crippen molar-refractivity contribution < 1.29 is 13.2 Å². The van der Waals surface area contributed by atoms with Gasteiger partial charge in [-0.25, -0.2) is 8.42 Å². The summed E-state index contributed by atoms with van der Waals surface area (Å²) in [5.41, 5.74) is 0. The highest BCUT2D eigenvalue weighted by molar-refractivity contribution is 7.91. The lowest BCUT2D eigenvalue weighted by atomic mass is 10.1. The molecule has 1 saturated heterocycles. The zero-order chi connectivity index (χ0) is 13.7. The number of rotatable bonds is 5. The van der Waals surface area contributed by atoms with Crippen LogP contribution in [0.3, 0.4) is 0 Å². The molecule has 0 bridgehead atoms. The summed E-state index contributed by atoms with van der Waals surface area (Å²) < 4.78 is 22.5. The number of amides is 1. The molecule has 1 aliphatic heterocycles. The van der Waals surface area contributed by atoms with Gasteiger partial charge in [-0.3, -0.25) is 4.79 Å². The van der Waals surface area contributed by atoms with Gasteiger partial charge >= 0.3 is 0 Å². The first-order valence-electron chi connectivity index (χ1n) is 6.57. The van der Waals surface area contributed by atoms with Crippen molar-refractivity contribution in [3.63, 3.8) is 0 Å². The van der Waals surface area contributed by atoms with Crippen LogP contribution in [-0.4, -0.2) is 31.9 Å². The zero-order valence-electron chi connectivity index (χ0n) is 10.8. The van der Waals surface area contributed by atoms with Crippen LogP contribution in [0.5, 0.6) is 0 Å². The number of carbonyl (C=O) groups excluding carboxylic acids is 1. The minimum Gasteiger partial charge on any atom is -0.353 e. The third-order valence-electron chi connectivity index (χ3n) is 3.33. The van der Waals surface area contributed by atoms with E-state index in [1.165, 1.54) is 4.88 Å². The highest BCUT2D eigenvalue weighted by Gasteiger charge is 2.24. The molecule has 0 aliphatic carbocycles. The van der Waals surface area contributed by atoms with Crippen molar-refractivity contribution in [1.29, 1.82) is 0 Å². The van der Waals surface area contributed by atoms with E-state index in [0.717, 1.165) is 12.8 Å². The Bertz CT molecular complexity index is 494. The van der Waals surface area contributed by atoms with Gasteiger partial charge in [0, 0.05) is 17.3 Å². The van der Waals surface area contributed by atoms with Crippen LogP contribution in [0.15, 0.2) is 17.5 Å². The number of aryl methyl sites for hydroxylation is 1. The van der Waals surface area contributed by atoms with Crippen molar-refractivity contribution >= 4 is 27.1 Å².